The van der Waals surface area contributed by atoms with Gasteiger partial charge in [-0.1, -0.05) is 0 Å². The summed E-state index contributed by atoms with van der Waals surface area (Å²) in [7, 11) is 0. The predicted octanol–water partition coefficient (Wildman–Crippen LogP) is 2.77. The molecule has 1 fully saturated rings. The second-order valence-electron chi connectivity index (χ2n) is 7.51. The molecule has 3 aromatic heterocycles. The van der Waals surface area contributed by atoms with Crippen molar-refractivity contribution in [3.8, 4) is 5.95 Å². The van der Waals surface area contributed by atoms with Crippen molar-refractivity contribution in [2.75, 3.05) is 0 Å². The summed E-state index contributed by atoms with van der Waals surface area (Å²) >= 11 is 0. The molecule has 0 saturated heterocycles. The molecule has 1 aromatic carbocycles. The number of benzene rings is 1. The van der Waals surface area contributed by atoms with Crippen molar-refractivity contribution in [2.24, 2.45) is 0 Å². The molecule has 0 amide bonds. The SMILES string of the molecule is C[C@@H](c1cc(F)ccc1F)n1nc(C2CC2)c2nc(-n3cc(C(=O)O)cn3)[nH]c(=O)c21. The molecule has 0 spiro atoms. The number of nitrogens with one attached hydrogen (secondary N) is 1. The molecule has 0 bridgehead atoms. The van der Waals surface area contributed by atoms with Gasteiger partial charge in [-0.25, -0.2) is 23.2 Å². The number of aromatic nitrogens is 6. The van der Waals surface area contributed by atoms with Crippen LogP contribution in [-0.4, -0.2) is 40.6 Å². The summed E-state index contributed by atoms with van der Waals surface area (Å²) in [6.45, 7) is 1.63. The third kappa shape index (κ3) is 3.18. The number of H-pyrrole nitrogens is 1. The maximum Gasteiger partial charge on any atom is 0.338 e. The second-order valence-corrected chi connectivity index (χ2v) is 7.51. The number of aromatic amines is 1. The Kier molecular flexibility index (Phi) is 4.20. The van der Waals surface area contributed by atoms with Crippen molar-refractivity contribution in [3.63, 3.8) is 0 Å². The van der Waals surface area contributed by atoms with Crippen molar-refractivity contribution in [3.05, 3.63) is 69.4 Å². The summed E-state index contributed by atoms with van der Waals surface area (Å²) in [5, 5.41) is 17.6. The van der Waals surface area contributed by atoms with Crippen LogP contribution in [-0.2, 0) is 0 Å². The zero-order valence-electron chi connectivity index (χ0n) is 16.2. The fourth-order valence-corrected chi connectivity index (χ4v) is 3.60. The minimum Gasteiger partial charge on any atom is -0.478 e. The molecule has 0 unspecified atom stereocenters. The number of nitrogens with zero attached hydrogens (tertiary/aromatic N) is 5. The van der Waals surface area contributed by atoms with Crippen LogP contribution in [0.5, 0.6) is 0 Å². The van der Waals surface area contributed by atoms with Crippen LogP contribution in [0.3, 0.4) is 0 Å². The summed E-state index contributed by atoms with van der Waals surface area (Å²) in [4.78, 5) is 31.2. The fraction of sp³-hybridized carbons (Fsp3) is 0.250. The molecule has 158 valence electrons. The van der Waals surface area contributed by atoms with Crippen LogP contribution in [0.25, 0.3) is 17.0 Å². The standard InChI is InChI=1S/C20H16F2N6O3/c1-9(13-6-12(21)4-5-14(13)22)28-17-16(15(26-28)10-2-3-10)24-20(25-18(17)29)27-8-11(7-23-27)19(30)31/h4-10H,2-3H2,1H3,(H,30,31)(H,24,25,29)/t9-/m0/s1. The first-order valence-electron chi connectivity index (χ1n) is 9.59. The van der Waals surface area contributed by atoms with Crippen molar-refractivity contribution in [2.45, 2.75) is 31.7 Å². The van der Waals surface area contributed by atoms with E-state index in [2.05, 4.69) is 20.2 Å². The molecule has 31 heavy (non-hydrogen) atoms. The van der Waals surface area contributed by atoms with Gasteiger partial charge in [0.1, 0.15) is 17.2 Å². The summed E-state index contributed by atoms with van der Waals surface area (Å²) in [5.41, 5.74) is 0.515. The van der Waals surface area contributed by atoms with Gasteiger partial charge < -0.3 is 5.11 Å². The van der Waals surface area contributed by atoms with Gasteiger partial charge in [0.15, 0.2) is 5.52 Å². The molecule has 0 aliphatic heterocycles. The van der Waals surface area contributed by atoms with Crippen LogP contribution in [0, 0.1) is 11.6 Å². The molecular formula is C20H16F2N6O3. The third-order valence-corrected chi connectivity index (χ3v) is 5.36. The number of halogens is 2. The van der Waals surface area contributed by atoms with Gasteiger partial charge in [-0.05, 0) is 38.0 Å². The van der Waals surface area contributed by atoms with Crippen LogP contribution in [0.15, 0.2) is 35.4 Å². The lowest BCUT2D eigenvalue weighted by molar-refractivity contribution is 0.0697. The Hall–Kier alpha value is -3.89. The zero-order valence-corrected chi connectivity index (χ0v) is 16.2. The molecule has 1 atom stereocenters. The lowest BCUT2D eigenvalue weighted by Gasteiger charge is -2.14. The predicted molar refractivity (Wildman–Crippen MR) is 104 cm³/mol. The fourth-order valence-electron chi connectivity index (χ4n) is 3.60. The average molecular weight is 426 g/mol. The van der Waals surface area contributed by atoms with Crippen LogP contribution in [0.2, 0.25) is 0 Å². The number of carboxylic acids is 1. The van der Waals surface area contributed by atoms with Gasteiger partial charge in [-0.2, -0.15) is 10.2 Å². The summed E-state index contributed by atoms with van der Waals surface area (Å²) in [6, 6.07) is 2.38. The van der Waals surface area contributed by atoms with Gasteiger partial charge in [0, 0.05) is 17.7 Å². The maximum atomic E-state index is 14.4. The molecule has 4 aromatic rings. The highest BCUT2D eigenvalue weighted by molar-refractivity contribution is 5.87. The molecule has 0 radical (unpaired) electrons. The van der Waals surface area contributed by atoms with E-state index in [9.17, 15) is 18.4 Å². The highest BCUT2D eigenvalue weighted by atomic mass is 19.1. The normalized spacial score (nSPS) is 14.8. The lowest BCUT2D eigenvalue weighted by atomic mass is 10.1. The minimum absolute atomic E-state index is 0.0380. The Morgan fingerprint density at radius 1 is 1.32 bits per heavy atom. The first-order valence-corrected chi connectivity index (χ1v) is 9.59. The van der Waals surface area contributed by atoms with Crippen molar-refractivity contribution in [1.82, 2.24) is 29.5 Å². The molecule has 9 nitrogen and oxygen atoms in total. The van der Waals surface area contributed by atoms with E-state index < -0.39 is 29.2 Å². The quantitative estimate of drug-likeness (QED) is 0.507. The highest BCUT2D eigenvalue weighted by Crippen LogP contribution is 2.42. The largest absolute Gasteiger partial charge is 0.478 e. The van der Waals surface area contributed by atoms with Crippen LogP contribution in [0.4, 0.5) is 8.78 Å². The first-order chi connectivity index (χ1) is 14.8. The molecule has 3 heterocycles. The van der Waals surface area contributed by atoms with E-state index in [4.69, 9.17) is 5.11 Å². The zero-order chi connectivity index (χ0) is 21.9. The van der Waals surface area contributed by atoms with E-state index in [1.54, 1.807) is 6.92 Å². The Morgan fingerprint density at radius 3 is 2.77 bits per heavy atom. The Bertz CT molecular complexity index is 1400. The number of rotatable bonds is 5. The maximum absolute atomic E-state index is 14.4. The molecule has 1 aliphatic rings. The van der Waals surface area contributed by atoms with Crippen LogP contribution >= 0.6 is 0 Å². The summed E-state index contributed by atoms with van der Waals surface area (Å²) in [5.74, 6) is -2.21. The van der Waals surface area contributed by atoms with Gasteiger partial charge >= 0.3 is 5.97 Å². The Balaban J connectivity index is 1.70. The van der Waals surface area contributed by atoms with Crippen molar-refractivity contribution >= 4 is 17.0 Å². The van der Waals surface area contributed by atoms with E-state index in [0.717, 1.165) is 41.9 Å². The van der Waals surface area contributed by atoms with Gasteiger partial charge in [0.2, 0.25) is 5.95 Å². The van der Waals surface area contributed by atoms with Gasteiger partial charge in [0.25, 0.3) is 5.56 Å². The minimum atomic E-state index is -1.16. The number of carbonyl (C=O) groups is 1. The molecule has 2 N–H and O–H groups in total. The number of aromatic carboxylic acids is 1. The van der Waals surface area contributed by atoms with E-state index in [-0.39, 0.29) is 28.5 Å². The number of hydrogen-bond acceptors (Lipinski definition) is 5. The molecular weight excluding hydrogens is 410 g/mol. The monoisotopic (exact) mass is 426 g/mol. The molecule has 5 rings (SSSR count). The summed E-state index contributed by atoms with van der Waals surface area (Å²) in [6.07, 6.45) is 4.14. The topological polar surface area (TPSA) is 119 Å². The molecule has 1 saturated carbocycles. The number of hydrogen-bond donors (Lipinski definition) is 2. The van der Waals surface area contributed by atoms with E-state index in [0.29, 0.717) is 11.2 Å². The molecule has 1 aliphatic carbocycles. The molecule has 11 heteroatoms. The number of fused-ring (bicyclic) bond motifs is 1. The lowest BCUT2D eigenvalue weighted by Crippen LogP contribution is -2.19. The van der Waals surface area contributed by atoms with Crippen LogP contribution < -0.4 is 5.56 Å². The Labute approximate surface area is 173 Å². The van der Waals surface area contributed by atoms with Crippen molar-refractivity contribution in [1.29, 1.82) is 0 Å². The van der Waals surface area contributed by atoms with E-state index in [1.165, 1.54) is 10.9 Å². The smallest absolute Gasteiger partial charge is 0.338 e. The number of carboxylic acid groups (broad SMARTS) is 1. The average Bonchev–Trinajstić information content (AvgIpc) is 3.31. The summed E-state index contributed by atoms with van der Waals surface area (Å²) < 4.78 is 30.6. The van der Waals surface area contributed by atoms with Crippen molar-refractivity contribution < 1.29 is 18.7 Å². The first kappa shape index (κ1) is 19.1. The van der Waals surface area contributed by atoms with Gasteiger partial charge in [-0.15, -0.1) is 0 Å². The van der Waals surface area contributed by atoms with Gasteiger partial charge in [-0.3, -0.25) is 14.5 Å². The van der Waals surface area contributed by atoms with E-state index in [1.807, 2.05) is 0 Å². The van der Waals surface area contributed by atoms with E-state index >= 15 is 0 Å². The van der Waals surface area contributed by atoms with Gasteiger partial charge in [0.05, 0.1) is 23.5 Å². The third-order valence-electron chi connectivity index (χ3n) is 5.36. The van der Waals surface area contributed by atoms with Crippen LogP contribution in [0.1, 0.15) is 53.3 Å². The highest BCUT2D eigenvalue weighted by Gasteiger charge is 2.32. The Morgan fingerprint density at radius 2 is 2.10 bits per heavy atom. The second kappa shape index (κ2) is 6.83.